The van der Waals surface area contributed by atoms with E-state index in [-0.39, 0.29) is 45.6 Å². The van der Waals surface area contributed by atoms with Crippen molar-refractivity contribution in [1.82, 2.24) is 14.8 Å². The zero-order chi connectivity index (χ0) is 36.9. The van der Waals surface area contributed by atoms with Crippen LogP contribution in [-0.2, 0) is 20.5 Å². The first-order valence-electron chi connectivity index (χ1n) is 16.6. The maximum Gasteiger partial charge on any atom is 0.433 e. The number of nitrogens with zero attached hydrogens (tertiary/aromatic N) is 4. The number of hydrogen-bond donors (Lipinski definition) is 4. The zero-order valence-corrected chi connectivity index (χ0v) is 28.6. The van der Waals surface area contributed by atoms with Crippen molar-refractivity contribution in [1.29, 1.82) is 10.8 Å². The molecule has 268 valence electrons. The van der Waals surface area contributed by atoms with Crippen LogP contribution in [0.1, 0.15) is 61.1 Å². The quantitative estimate of drug-likeness (QED) is 0.102. The van der Waals surface area contributed by atoms with Crippen LogP contribution in [0.5, 0.6) is 0 Å². The van der Waals surface area contributed by atoms with Gasteiger partial charge in [0, 0.05) is 60.4 Å². The van der Waals surface area contributed by atoms with Crippen molar-refractivity contribution in [2.75, 3.05) is 49.9 Å². The van der Waals surface area contributed by atoms with Gasteiger partial charge in [0.1, 0.15) is 5.69 Å². The van der Waals surface area contributed by atoms with Crippen molar-refractivity contribution < 1.29 is 32.9 Å². The van der Waals surface area contributed by atoms with Crippen molar-refractivity contribution in [3.63, 3.8) is 0 Å². The largest absolute Gasteiger partial charge is 0.433 e. The third-order valence-corrected chi connectivity index (χ3v) is 9.40. The Morgan fingerprint density at radius 3 is 2.51 bits per heavy atom. The van der Waals surface area contributed by atoms with E-state index >= 15 is 0 Å². The minimum atomic E-state index is -4.66. The fraction of sp³-hybridized carbons (Fsp3) is 0.351. The molecule has 2 aromatic carbocycles. The topological polar surface area (TPSA) is 165 Å². The molecule has 0 radical (unpaired) electrons. The molecule has 1 saturated heterocycles. The summed E-state index contributed by atoms with van der Waals surface area (Å²) in [6, 6.07) is 14.4. The minimum Gasteiger partial charge on any atom is -0.398 e. The summed E-state index contributed by atoms with van der Waals surface area (Å²) in [5.41, 5.74) is 8.33. The lowest BCUT2D eigenvalue weighted by atomic mass is 9.86. The highest BCUT2D eigenvalue weighted by molar-refractivity contribution is 6.14. The van der Waals surface area contributed by atoms with Crippen molar-refractivity contribution in [3.8, 4) is 0 Å². The number of anilines is 2. The maximum absolute atomic E-state index is 13.3. The monoisotopic (exact) mass is 703 g/mol. The summed E-state index contributed by atoms with van der Waals surface area (Å²) in [6.07, 6.45) is 1.32. The van der Waals surface area contributed by atoms with Gasteiger partial charge in [-0.15, -0.1) is 0 Å². The third kappa shape index (κ3) is 9.06. The van der Waals surface area contributed by atoms with Gasteiger partial charge < -0.3 is 20.3 Å². The Balaban J connectivity index is 1.14. The number of nitrogens with one attached hydrogen (secondary N) is 2. The van der Waals surface area contributed by atoms with Gasteiger partial charge in [0.05, 0.1) is 19.2 Å². The number of amides is 2. The first kappa shape index (κ1) is 36.9. The first-order chi connectivity index (χ1) is 24.2. The molecule has 0 spiro atoms. The number of aromatic nitrogens is 1. The first-order valence-corrected chi connectivity index (χ1v) is 16.6. The lowest BCUT2D eigenvalue weighted by molar-refractivity contribution is -0.141. The molecule has 1 fully saturated rings. The number of pyridine rings is 1. The average molecular weight is 704 g/mol. The SMILES string of the molecule is CC(=[NH2+])OC(=N)c1ccc(C2=CCN(C(=O)CN3CC[C@](C)(CCN(C=O)c4ccc(N)c(C(=N)c5ccnc(C(F)(F)F)c5)c4)C3)CC2)cc1. The van der Waals surface area contributed by atoms with E-state index in [1.54, 1.807) is 19.1 Å². The summed E-state index contributed by atoms with van der Waals surface area (Å²) in [7, 11) is 0. The van der Waals surface area contributed by atoms with Crippen LogP contribution in [0.25, 0.3) is 5.57 Å². The van der Waals surface area contributed by atoms with Crippen molar-refractivity contribution in [3.05, 3.63) is 94.8 Å². The molecule has 3 heterocycles. The predicted octanol–water partition coefficient (Wildman–Crippen LogP) is 4.00. The molecule has 14 heteroatoms. The molecule has 51 heavy (non-hydrogen) atoms. The lowest BCUT2D eigenvalue weighted by Crippen LogP contribution is -2.42. The Morgan fingerprint density at radius 2 is 1.86 bits per heavy atom. The second-order valence-corrected chi connectivity index (χ2v) is 13.3. The van der Waals surface area contributed by atoms with Crippen LogP contribution < -0.4 is 16.0 Å². The number of nitrogen functional groups attached to an aromatic ring is 1. The van der Waals surface area contributed by atoms with Gasteiger partial charge in [0.2, 0.25) is 18.2 Å². The normalized spacial score (nSPS) is 17.8. The minimum absolute atomic E-state index is 0.00445. The highest BCUT2D eigenvalue weighted by Gasteiger charge is 2.36. The smallest absolute Gasteiger partial charge is 0.398 e. The summed E-state index contributed by atoms with van der Waals surface area (Å²) >= 11 is 0. The van der Waals surface area contributed by atoms with Crippen molar-refractivity contribution in [2.24, 2.45) is 5.41 Å². The maximum atomic E-state index is 13.3. The molecule has 6 N–H and O–H groups in total. The number of ether oxygens (including phenoxy) is 1. The zero-order valence-electron chi connectivity index (χ0n) is 28.6. The summed E-state index contributed by atoms with van der Waals surface area (Å²) < 4.78 is 44.8. The predicted molar refractivity (Wildman–Crippen MR) is 189 cm³/mol. The van der Waals surface area contributed by atoms with Gasteiger partial charge in [0.15, 0.2) is 0 Å². The average Bonchev–Trinajstić information content (AvgIpc) is 3.48. The van der Waals surface area contributed by atoms with Crippen LogP contribution >= 0.6 is 0 Å². The molecule has 3 aromatic rings. The Labute approximate surface area is 294 Å². The molecule has 11 nitrogen and oxygen atoms in total. The number of rotatable bonds is 11. The van der Waals surface area contributed by atoms with Gasteiger partial charge in [-0.3, -0.25) is 30.3 Å². The summed E-state index contributed by atoms with van der Waals surface area (Å²) in [4.78, 5) is 34.3. The number of carbonyl (C=O) groups is 2. The second-order valence-electron chi connectivity index (χ2n) is 13.3. The summed E-state index contributed by atoms with van der Waals surface area (Å²) in [5, 5.41) is 22.1. The van der Waals surface area contributed by atoms with Crippen molar-refractivity contribution in [2.45, 2.75) is 39.3 Å². The number of likely N-dealkylation sites (tertiary alicyclic amines) is 1. The Morgan fingerprint density at radius 1 is 1.12 bits per heavy atom. The highest BCUT2D eigenvalue weighted by Crippen LogP contribution is 2.35. The summed E-state index contributed by atoms with van der Waals surface area (Å²) in [5.74, 6) is 0.254. The third-order valence-electron chi connectivity index (χ3n) is 9.40. The van der Waals surface area contributed by atoms with Gasteiger partial charge in [-0.1, -0.05) is 25.1 Å². The van der Waals surface area contributed by atoms with Crippen LogP contribution in [-0.4, -0.2) is 83.9 Å². The molecule has 1 atom stereocenters. The molecule has 0 bridgehead atoms. The molecule has 1 aromatic heterocycles. The molecule has 0 unspecified atom stereocenters. The van der Waals surface area contributed by atoms with Crippen LogP contribution in [0.3, 0.4) is 0 Å². The van der Waals surface area contributed by atoms with Crippen LogP contribution in [0.15, 0.2) is 66.9 Å². The van der Waals surface area contributed by atoms with E-state index < -0.39 is 11.9 Å². The number of nitrogens with two attached hydrogens (primary N) is 2. The van der Waals surface area contributed by atoms with E-state index in [1.165, 1.54) is 17.0 Å². The van der Waals surface area contributed by atoms with Gasteiger partial charge >= 0.3 is 12.1 Å². The molecule has 0 saturated carbocycles. The van der Waals surface area contributed by atoms with Crippen LogP contribution in [0, 0.1) is 16.2 Å². The standard InChI is InChI=1S/C37H41F3N8O3/c1-24(41)51-35(44)27-5-3-25(4-6-27)26-10-15-47(16-11-26)33(50)21-46-17-12-36(2,22-46)13-18-48(23-49)29-7-8-31(42)30(20-29)34(43)28-9-14-45-32(19-28)37(38,39)40/h3-10,14,19-20,23,41,43-44H,11-13,15-18,21-22,42H2,1-2H3/p+1/t36-/m1/s1. The molecule has 2 aliphatic rings. The molecule has 5 rings (SSSR count). The summed E-state index contributed by atoms with van der Waals surface area (Å²) in [6.45, 7) is 6.95. The molecule has 0 aliphatic carbocycles. The Bertz CT molecular complexity index is 1860. The van der Waals surface area contributed by atoms with Gasteiger partial charge in [-0.2, -0.15) is 13.2 Å². The van der Waals surface area contributed by atoms with Gasteiger partial charge in [-0.05, 0) is 84.8 Å². The number of benzene rings is 2. The molecular weight excluding hydrogens is 661 g/mol. The van der Waals surface area contributed by atoms with Gasteiger partial charge in [-0.25, -0.2) is 5.41 Å². The molecular formula is C37H42F3N8O3+. The molecule has 2 amide bonds. The second kappa shape index (κ2) is 15.3. The Kier molecular flexibility index (Phi) is 11.0. The Hall–Kier alpha value is -5.37. The number of halogens is 3. The molecule has 2 aliphatic heterocycles. The lowest BCUT2D eigenvalue weighted by Gasteiger charge is -2.30. The fourth-order valence-corrected chi connectivity index (χ4v) is 6.44. The van der Waals surface area contributed by atoms with Gasteiger partial charge in [0.25, 0.3) is 0 Å². The van der Waals surface area contributed by atoms with Crippen LogP contribution in [0.2, 0.25) is 0 Å². The number of alkyl halides is 3. The number of carbonyl (C=O) groups excluding carboxylic acids is 2. The fourth-order valence-electron chi connectivity index (χ4n) is 6.44. The van der Waals surface area contributed by atoms with E-state index in [4.69, 9.17) is 26.7 Å². The van der Waals surface area contributed by atoms with E-state index in [2.05, 4.69) is 22.9 Å². The number of hydrogen-bond acceptors (Lipinski definition) is 8. The van der Waals surface area contributed by atoms with E-state index in [0.29, 0.717) is 56.8 Å². The van der Waals surface area contributed by atoms with E-state index in [9.17, 15) is 22.8 Å². The van der Waals surface area contributed by atoms with Crippen LogP contribution in [0.4, 0.5) is 24.5 Å². The van der Waals surface area contributed by atoms with E-state index in [1.807, 2.05) is 29.2 Å². The highest BCUT2D eigenvalue weighted by atomic mass is 19.4. The van der Waals surface area contributed by atoms with Crippen molar-refractivity contribution >= 4 is 46.8 Å². The van der Waals surface area contributed by atoms with E-state index in [0.717, 1.165) is 42.8 Å².